The monoisotopic (exact) mass is 378 g/mol. The van der Waals surface area contributed by atoms with E-state index in [4.69, 9.17) is 0 Å². The van der Waals surface area contributed by atoms with Crippen LogP contribution in [0.5, 0.6) is 0 Å². The number of rotatable bonds is 4. The van der Waals surface area contributed by atoms with Crippen molar-refractivity contribution < 1.29 is 14.4 Å². The van der Waals surface area contributed by atoms with Gasteiger partial charge in [0.1, 0.15) is 5.01 Å². The van der Waals surface area contributed by atoms with E-state index in [-0.39, 0.29) is 16.7 Å². The lowest BCUT2D eigenvalue weighted by Gasteiger charge is -2.13. The molecular weight excluding hydrogens is 364 g/mol. The van der Waals surface area contributed by atoms with Gasteiger partial charge in [0, 0.05) is 5.56 Å². The Hall–Kier alpha value is -3.39. The minimum absolute atomic E-state index is 0.211. The van der Waals surface area contributed by atoms with Gasteiger partial charge in [-0.3, -0.25) is 19.7 Å². The van der Waals surface area contributed by atoms with Gasteiger partial charge in [0.05, 0.1) is 16.8 Å². The Kier molecular flexibility index (Phi) is 4.25. The normalized spacial score (nSPS) is 13.0. The summed E-state index contributed by atoms with van der Waals surface area (Å²) in [6.07, 6.45) is 0.734. The molecule has 3 amide bonds. The Bertz CT molecular complexity index is 1060. The molecule has 7 nitrogen and oxygen atoms in total. The summed E-state index contributed by atoms with van der Waals surface area (Å²) >= 11 is 1.30. The van der Waals surface area contributed by atoms with E-state index in [1.165, 1.54) is 29.5 Å². The first-order chi connectivity index (χ1) is 13.1. The molecule has 0 aliphatic carbocycles. The van der Waals surface area contributed by atoms with Crippen LogP contribution in [0.15, 0.2) is 48.5 Å². The van der Waals surface area contributed by atoms with Crippen molar-refractivity contribution in [1.82, 2.24) is 10.2 Å². The third-order valence-corrected chi connectivity index (χ3v) is 5.14. The van der Waals surface area contributed by atoms with E-state index in [1.54, 1.807) is 24.3 Å². The number of benzene rings is 2. The van der Waals surface area contributed by atoms with Gasteiger partial charge in [-0.05, 0) is 36.8 Å². The summed E-state index contributed by atoms with van der Waals surface area (Å²) < 4.78 is 0. The zero-order chi connectivity index (χ0) is 19.0. The van der Waals surface area contributed by atoms with Crippen molar-refractivity contribution in [3.63, 3.8) is 0 Å². The molecular formula is C19H14N4O3S. The van der Waals surface area contributed by atoms with Gasteiger partial charge in [0.25, 0.3) is 17.7 Å². The van der Waals surface area contributed by atoms with E-state index < -0.39 is 17.7 Å². The molecule has 1 aliphatic rings. The second-order valence-corrected chi connectivity index (χ2v) is 6.91. The fourth-order valence-electron chi connectivity index (χ4n) is 2.81. The first kappa shape index (κ1) is 17.0. The number of nitrogens with one attached hydrogen (secondary N) is 1. The third-order valence-electron chi connectivity index (χ3n) is 4.15. The summed E-state index contributed by atoms with van der Waals surface area (Å²) in [7, 11) is 0. The van der Waals surface area contributed by atoms with Gasteiger partial charge < -0.3 is 0 Å². The van der Waals surface area contributed by atoms with Crippen molar-refractivity contribution in [3.8, 4) is 0 Å². The molecule has 2 aromatic carbocycles. The molecule has 0 atom stereocenters. The van der Waals surface area contributed by atoms with Gasteiger partial charge in [-0.15, -0.1) is 10.2 Å². The number of para-hydroxylation sites is 1. The number of carbonyl (C=O) groups excluding carboxylic acids is 3. The molecule has 0 saturated heterocycles. The molecule has 0 bridgehead atoms. The number of carbonyl (C=O) groups is 3. The zero-order valence-electron chi connectivity index (χ0n) is 14.3. The minimum atomic E-state index is -0.444. The van der Waals surface area contributed by atoms with Crippen molar-refractivity contribution in [2.24, 2.45) is 0 Å². The maximum absolute atomic E-state index is 12.7. The second kappa shape index (κ2) is 6.73. The molecule has 134 valence electrons. The number of anilines is 2. The van der Waals surface area contributed by atoms with Gasteiger partial charge >= 0.3 is 0 Å². The van der Waals surface area contributed by atoms with Crippen LogP contribution in [0.3, 0.4) is 0 Å². The molecule has 3 aromatic rings. The topological polar surface area (TPSA) is 92.3 Å². The van der Waals surface area contributed by atoms with Crippen LogP contribution >= 0.6 is 11.3 Å². The van der Waals surface area contributed by atoms with Crippen LogP contribution in [0.4, 0.5) is 10.8 Å². The van der Waals surface area contributed by atoms with Crippen molar-refractivity contribution in [3.05, 3.63) is 70.2 Å². The lowest BCUT2D eigenvalue weighted by atomic mass is 10.1. The standard InChI is InChI=1S/C19H14N4O3S/c1-2-15-21-22-19(27-15)20-16(24)11-8-9-13-14(10-11)18(26)23(17(13)25)12-6-4-3-5-7-12/h3-10H,2H2,1H3,(H,20,22,24). The highest BCUT2D eigenvalue weighted by atomic mass is 32.1. The quantitative estimate of drug-likeness (QED) is 0.704. The fraction of sp³-hybridized carbons (Fsp3) is 0.105. The van der Waals surface area contributed by atoms with Crippen LogP contribution in [-0.2, 0) is 6.42 Å². The summed E-state index contributed by atoms with van der Waals surface area (Å²) in [6, 6.07) is 13.2. The highest BCUT2D eigenvalue weighted by molar-refractivity contribution is 7.15. The Morgan fingerprint density at radius 3 is 2.48 bits per heavy atom. The first-order valence-electron chi connectivity index (χ1n) is 8.30. The summed E-state index contributed by atoms with van der Waals surface area (Å²) in [5.41, 5.74) is 1.27. The van der Waals surface area contributed by atoms with Gasteiger partial charge in [0.2, 0.25) is 5.13 Å². The highest BCUT2D eigenvalue weighted by Crippen LogP contribution is 2.29. The molecule has 0 spiro atoms. The van der Waals surface area contributed by atoms with Crippen LogP contribution in [0.2, 0.25) is 0 Å². The highest BCUT2D eigenvalue weighted by Gasteiger charge is 2.37. The molecule has 4 rings (SSSR count). The SMILES string of the molecule is CCc1nnc(NC(=O)c2ccc3c(c2)C(=O)N(c2ccccc2)C3=O)s1. The molecule has 1 aromatic heterocycles. The molecule has 8 heteroatoms. The predicted molar refractivity (Wildman–Crippen MR) is 101 cm³/mol. The van der Waals surface area contributed by atoms with E-state index in [1.807, 2.05) is 13.0 Å². The van der Waals surface area contributed by atoms with Crippen molar-refractivity contribution in [1.29, 1.82) is 0 Å². The average Bonchev–Trinajstić information content (AvgIpc) is 3.25. The number of nitrogens with zero attached hydrogens (tertiary/aromatic N) is 3. The predicted octanol–water partition coefficient (Wildman–Crippen LogP) is 3.15. The Labute approximate surface area is 158 Å². The Morgan fingerprint density at radius 1 is 1.04 bits per heavy atom. The van der Waals surface area contributed by atoms with E-state index in [0.717, 1.165) is 16.3 Å². The molecule has 0 saturated carbocycles. The van der Waals surface area contributed by atoms with E-state index in [9.17, 15) is 14.4 Å². The molecule has 1 N–H and O–H groups in total. The molecule has 0 unspecified atom stereocenters. The van der Waals surface area contributed by atoms with Gasteiger partial charge in [-0.1, -0.05) is 36.5 Å². The zero-order valence-corrected chi connectivity index (χ0v) is 15.1. The van der Waals surface area contributed by atoms with Crippen LogP contribution in [-0.4, -0.2) is 27.9 Å². The summed E-state index contributed by atoms with van der Waals surface area (Å²) in [6.45, 7) is 1.95. The number of fused-ring (bicyclic) bond motifs is 1. The second-order valence-electron chi connectivity index (χ2n) is 5.85. The minimum Gasteiger partial charge on any atom is -0.296 e. The molecule has 0 fully saturated rings. The molecule has 27 heavy (non-hydrogen) atoms. The average molecular weight is 378 g/mol. The lowest BCUT2D eigenvalue weighted by Crippen LogP contribution is -2.29. The van der Waals surface area contributed by atoms with Crippen LogP contribution < -0.4 is 10.2 Å². The van der Waals surface area contributed by atoms with Crippen molar-refractivity contribution in [2.75, 3.05) is 10.2 Å². The van der Waals surface area contributed by atoms with E-state index in [2.05, 4.69) is 15.5 Å². The largest absolute Gasteiger partial charge is 0.296 e. The molecule has 2 heterocycles. The molecule has 0 radical (unpaired) electrons. The van der Waals surface area contributed by atoms with Gasteiger partial charge in [0.15, 0.2) is 0 Å². The van der Waals surface area contributed by atoms with Crippen LogP contribution in [0, 0.1) is 0 Å². The smallest absolute Gasteiger partial charge is 0.266 e. The van der Waals surface area contributed by atoms with Crippen molar-refractivity contribution >= 4 is 39.9 Å². The molecule has 1 aliphatic heterocycles. The lowest BCUT2D eigenvalue weighted by molar-refractivity contribution is 0.0925. The number of amides is 3. The van der Waals surface area contributed by atoms with Crippen molar-refractivity contribution in [2.45, 2.75) is 13.3 Å². The van der Waals surface area contributed by atoms with Crippen LogP contribution in [0.25, 0.3) is 0 Å². The number of aromatic nitrogens is 2. The Morgan fingerprint density at radius 2 is 1.78 bits per heavy atom. The Balaban J connectivity index is 1.61. The number of imide groups is 1. The maximum Gasteiger partial charge on any atom is 0.266 e. The van der Waals surface area contributed by atoms with Gasteiger partial charge in [-0.25, -0.2) is 4.90 Å². The summed E-state index contributed by atoms with van der Waals surface area (Å²) in [4.78, 5) is 38.9. The first-order valence-corrected chi connectivity index (χ1v) is 9.11. The summed E-state index contributed by atoms with van der Waals surface area (Å²) in [5.74, 6) is -1.25. The third kappa shape index (κ3) is 3.00. The number of hydrogen-bond donors (Lipinski definition) is 1. The summed E-state index contributed by atoms with van der Waals surface area (Å²) in [5, 5.41) is 11.7. The van der Waals surface area contributed by atoms with E-state index in [0.29, 0.717) is 10.8 Å². The number of aryl methyl sites for hydroxylation is 1. The fourth-order valence-corrected chi connectivity index (χ4v) is 3.48. The van der Waals surface area contributed by atoms with Gasteiger partial charge in [-0.2, -0.15) is 0 Å². The maximum atomic E-state index is 12.7. The van der Waals surface area contributed by atoms with Crippen LogP contribution in [0.1, 0.15) is 43.0 Å². The number of hydrogen-bond acceptors (Lipinski definition) is 6. The van der Waals surface area contributed by atoms with E-state index >= 15 is 0 Å².